The number of benzene rings is 1. The molecule has 0 spiro atoms. The normalized spacial score (nSPS) is 12.2. The second-order valence-corrected chi connectivity index (χ2v) is 5.31. The van der Waals surface area contributed by atoms with Gasteiger partial charge in [-0.15, -0.1) is 0 Å². The molecule has 100 valence electrons. The van der Waals surface area contributed by atoms with E-state index in [1.54, 1.807) is 0 Å². The van der Waals surface area contributed by atoms with Crippen LogP contribution in [0, 0.1) is 0 Å². The van der Waals surface area contributed by atoms with Crippen LogP contribution in [0.25, 0.3) is 5.76 Å². The van der Waals surface area contributed by atoms with E-state index >= 15 is 0 Å². The van der Waals surface area contributed by atoms with Crippen molar-refractivity contribution in [2.24, 2.45) is 0 Å². The Hall–Kier alpha value is -1.48. The third kappa shape index (κ3) is 3.10. The summed E-state index contributed by atoms with van der Waals surface area (Å²) in [6, 6.07) is 12.7. The zero-order chi connectivity index (χ0) is 13.8. The van der Waals surface area contributed by atoms with Gasteiger partial charge in [0.15, 0.2) is 0 Å². The molecule has 0 N–H and O–H groups in total. The quantitative estimate of drug-likeness (QED) is 0.717. The van der Waals surface area contributed by atoms with Gasteiger partial charge in [-0.25, -0.2) is 0 Å². The Morgan fingerprint density at radius 3 is 2.68 bits per heavy atom. The Kier molecular flexibility index (Phi) is 4.48. The summed E-state index contributed by atoms with van der Waals surface area (Å²) in [7, 11) is 0. The van der Waals surface area contributed by atoms with Gasteiger partial charge in [-0.2, -0.15) is 0 Å². The summed E-state index contributed by atoms with van der Waals surface area (Å²) in [4.78, 5) is 0. The Balaban J connectivity index is 2.37. The summed E-state index contributed by atoms with van der Waals surface area (Å²) >= 11 is 3.53. The zero-order valence-electron chi connectivity index (χ0n) is 11.3. The molecule has 1 heterocycles. The van der Waals surface area contributed by atoms with E-state index < -0.39 is 0 Å². The first-order chi connectivity index (χ1) is 9.13. The van der Waals surface area contributed by atoms with Crippen molar-refractivity contribution in [1.82, 2.24) is 4.57 Å². The van der Waals surface area contributed by atoms with Gasteiger partial charge in [-0.3, -0.25) is 0 Å². The molecule has 2 nitrogen and oxygen atoms in total. The Bertz CT molecular complexity index is 559. The number of rotatable bonds is 5. The van der Waals surface area contributed by atoms with Crippen LogP contribution in [0.15, 0.2) is 53.6 Å². The first-order valence-corrected chi connectivity index (χ1v) is 7.17. The lowest BCUT2D eigenvalue weighted by Gasteiger charge is -2.19. The standard InChI is InChI=1S/C16H18BrNO/c1-4-19-13(3)16-10-15(17)11-18(16)12(2)14-8-6-5-7-9-14/h5-12H,3-4H2,1-2H3/t12-/m1/s1. The number of hydrogen-bond acceptors (Lipinski definition) is 1. The van der Waals surface area contributed by atoms with Crippen LogP contribution in [-0.4, -0.2) is 11.2 Å². The molecule has 0 saturated heterocycles. The van der Waals surface area contributed by atoms with Crippen LogP contribution in [0.4, 0.5) is 0 Å². The van der Waals surface area contributed by atoms with Crippen LogP contribution >= 0.6 is 15.9 Å². The molecular formula is C16H18BrNO. The number of hydrogen-bond donors (Lipinski definition) is 0. The highest BCUT2D eigenvalue weighted by molar-refractivity contribution is 9.10. The molecule has 0 aliphatic heterocycles. The topological polar surface area (TPSA) is 14.2 Å². The average Bonchev–Trinajstić information content (AvgIpc) is 2.81. The van der Waals surface area contributed by atoms with Crippen LogP contribution in [0.3, 0.4) is 0 Å². The minimum Gasteiger partial charge on any atom is -0.492 e. The number of ether oxygens (including phenoxy) is 1. The molecule has 3 heteroatoms. The van der Waals surface area contributed by atoms with Gasteiger partial charge in [-0.1, -0.05) is 36.9 Å². The molecule has 0 amide bonds. The van der Waals surface area contributed by atoms with Gasteiger partial charge in [0.1, 0.15) is 5.76 Å². The van der Waals surface area contributed by atoms with Crippen molar-refractivity contribution in [3.63, 3.8) is 0 Å². The van der Waals surface area contributed by atoms with Gasteiger partial charge in [0.2, 0.25) is 0 Å². The van der Waals surface area contributed by atoms with Crippen molar-refractivity contribution in [2.75, 3.05) is 6.61 Å². The summed E-state index contributed by atoms with van der Waals surface area (Å²) in [5.74, 6) is 0.705. The molecule has 2 rings (SSSR count). The average molecular weight is 320 g/mol. The van der Waals surface area contributed by atoms with Crippen LogP contribution in [-0.2, 0) is 4.74 Å². The van der Waals surface area contributed by atoms with E-state index in [0.29, 0.717) is 12.4 Å². The summed E-state index contributed by atoms with van der Waals surface area (Å²) in [5.41, 5.74) is 2.27. The summed E-state index contributed by atoms with van der Waals surface area (Å²) in [5, 5.41) is 0. The van der Waals surface area contributed by atoms with Gasteiger partial charge in [0.05, 0.1) is 18.3 Å². The molecule has 19 heavy (non-hydrogen) atoms. The molecule has 0 radical (unpaired) electrons. The van der Waals surface area contributed by atoms with E-state index in [9.17, 15) is 0 Å². The first-order valence-electron chi connectivity index (χ1n) is 6.38. The Labute approximate surface area is 122 Å². The predicted octanol–water partition coefficient (Wildman–Crippen LogP) is 4.87. The van der Waals surface area contributed by atoms with Crippen molar-refractivity contribution < 1.29 is 4.74 Å². The van der Waals surface area contributed by atoms with E-state index in [4.69, 9.17) is 4.74 Å². The van der Waals surface area contributed by atoms with Crippen LogP contribution in [0.2, 0.25) is 0 Å². The fraction of sp³-hybridized carbons (Fsp3) is 0.250. The van der Waals surface area contributed by atoms with E-state index in [1.807, 2.05) is 19.1 Å². The third-order valence-corrected chi connectivity index (χ3v) is 3.55. The Morgan fingerprint density at radius 1 is 1.37 bits per heavy atom. The molecule has 0 unspecified atom stereocenters. The van der Waals surface area contributed by atoms with Crippen LogP contribution in [0.1, 0.15) is 31.1 Å². The summed E-state index contributed by atoms with van der Waals surface area (Å²) in [6.07, 6.45) is 2.07. The lowest BCUT2D eigenvalue weighted by atomic mass is 10.1. The number of aromatic nitrogens is 1. The molecule has 0 fully saturated rings. The molecular weight excluding hydrogens is 302 g/mol. The van der Waals surface area contributed by atoms with Crippen LogP contribution < -0.4 is 0 Å². The predicted molar refractivity (Wildman–Crippen MR) is 83.0 cm³/mol. The maximum absolute atomic E-state index is 5.53. The summed E-state index contributed by atoms with van der Waals surface area (Å²) in [6.45, 7) is 8.76. The fourth-order valence-electron chi connectivity index (χ4n) is 2.13. The van der Waals surface area contributed by atoms with Crippen molar-refractivity contribution in [3.05, 3.63) is 64.9 Å². The lowest BCUT2D eigenvalue weighted by molar-refractivity contribution is 0.295. The Morgan fingerprint density at radius 2 is 2.05 bits per heavy atom. The highest BCUT2D eigenvalue weighted by atomic mass is 79.9. The van der Waals surface area contributed by atoms with Crippen molar-refractivity contribution in [2.45, 2.75) is 19.9 Å². The van der Waals surface area contributed by atoms with Crippen molar-refractivity contribution >= 4 is 21.7 Å². The third-order valence-electron chi connectivity index (χ3n) is 3.12. The van der Waals surface area contributed by atoms with Gasteiger partial charge in [0, 0.05) is 10.7 Å². The van der Waals surface area contributed by atoms with E-state index in [0.717, 1.165) is 10.2 Å². The van der Waals surface area contributed by atoms with Gasteiger partial charge >= 0.3 is 0 Å². The van der Waals surface area contributed by atoms with E-state index in [2.05, 4.69) is 64.5 Å². The number of nitrogens with zero attached hydrogens (tertiary/aromatic N) is 1. The largest absolute Gasteiger partial charge is 0.492 e. The van der Waals surface area contributed by atoms with Gasteiger partial charge in [-0.05, 0) is 41.4 Å². The highest BCUT2D eigenvalue weighted by Crippen LogP contribution is 2.28. The maximum Gasteiger partial charge on any atom is 0.135 e. The minimum atomic E-state index is 0.236. The van der Waals surface area contributed by atoms with Gasteiger partial charge < -0.3 is 9.30 Å². The van der Waals surface area contributed by atoms with Crippen molar-refractivity contribution in [3.8, 4) is 0 Å². The van der Waals surface area contributed by atoms with Crippen LogP contribution in [0.5, 0.6) is 0 Å². The highest BCUT2D eigenvalue weighted by Gasteiger charge is 2.15. The smallest absolute Gasteiger partial charge is 0.135 e. The van der Waals surface area contributed by atoms with Crippen molar-refractivity contribution in [1.29, 1.82) is 0 Å². The molecule has 1 aromatic carbocycles. The first kappa shape index (κ1) is 13.9. The maximum atomic E-state index is 5.53. The molecule has 0 bridgehead atoms. The second-order valence-electron chi connectivity index (χ2n) is 4.39. The minimum absolute atomic E-state index is 0.236. The summed E-state index contributed by atoms with van der Waals surface area (Å²) < 4.78 is 8.74. The fourth-order valence-corrected chi connectivity index (χ4v) is 2.57. The SMILES string of the molecule is C=C(OCC)c1cc(Br)cn1[C@H](C)c1ccccc1. The molecule has 0 saturated carbocycles. The van der Waals surface area contributed by atoms with Gasteiger partial charge in [0.25, 0.3) is 0 Å². The molecule has 2 aromatic rings. The monoisotopic (exact) mass is 319 g/mol. The van der Waals surface area contributed by atoms with E-state index in [1.165, 1.54) is 5.56 Å². The number of halogens is 1. The molecule has 0 aliphatic carbocycles. The zero-order valence-corrected chi connectivity index (χ0v) is 12.9. The second kappa shape index (κ2) is 6.11. The van der Waals surface area contributed by atoms with E-state index in [-0.39, 0.29) is 6.04 Å². The lowest BCUT2D eigenvalue weighted by Crippen LogP contribution is -2.09. The molecule has 1 aromatic heterocycles. The molecule has 1 atom stereocenters. The molecule has 0 aliphatic rings.